The lowest BCUT2D eigenvalue weighted by Crippen LogP contribution is -2.12. The van der Waals surface area contributed by atoms with Crippen molar-refractivity contribution in [3.63, 3.8) is 0 Å². The van der Waals surface area contributed by atoms with Gasteiger partial charge in [-0.3, -0.25) is 4.72 Å². The molecule has 0 radical (unpaired) electrons. The van der Waals surface area contributed by atoms with Crippen molar-refractivity contribution in [2.75, 3.05) is 4.72 Å². The van der Waals surface area contributed by atoms with Crippen LogP contribution in [0.25, 0.3) is 22.8 Å². The number of aryl methyl sites for hydroxylation is 2. The fourth-order valence-electron chi connectivity index (χ4n) is 2.67. The molecule has 4 aromatic rings. The fourth-order valence-corrected chi connectivity index (χ4v) is 5.07. The minimum atomic E-state index is -3.73. The van der Waals surface area contributed by atoms with Gasteiger partial charge in [0, 0.05) is 16.0 Å². The molecule has 2 aromatic carbocycles. The summed E-state index contributed by atoms with van der Waals surface area (Å²) in [7, 11) is -3.73. The van der Waals surface area contributed by atoms with E-state index in [1.54, 1.807) is 35.7 Å². The van der Waals surface area contributed by atoms with E-state index in [0.29, 0.717) is 22.1 Å². The summed E-state index contributed by atoms with van der Waals surface area (Å²) in [4.78, 5) is 4.36. The number of nitrogens with zero attached hydrogens (tertiary/aromatic N) is 2. The molecular weight excluding hydrogens is 430 g/mol. The standard InChI is InChI=1S/C20H16ClN3O3S2/c1-12-3-4-13(2)17(9-12)24-29(25,26)18-10-15(11-28-18)20-22-19(23-27-20)14-5-7-16(21)8-6-14/h3-11,24H,1-2H3. The molecule has 6 nitrogen and oxygen atoms in total. The number of aromatic nitrogens is 2. The molecule has 0 aliphatic rings. The van der Waals surface area contributed by atoms with Crippen LogP contribution in [0.1, 0.15) is 11.1 Å². The number of hydrogen-bond acceptors (Lipinski definition) is 6. The zero-order valence-electron chi connectivity index (χ0n) is 15.5. The second-order valence-electron chi connectivity index (χ2n) is 6.51. The van der Waals surface area contributed by atoms with Crippen LogP contribution in [0.15, 0.2) is 62.6 Å². The fraction of sp³-hybridized carbons (Fsp3) is 0.100. The second kappa shape index (κ2) is 7.62. The van der Waals surface area contributed by atoms with E-state index in [4.69, 9.17) is 16.1 Å². The average molecular weight is 446 g/mol. The Labute approximate surface area is 177 Å². The Bertz CT molecular complexity index is 1280. The Balaban J connectivity index is 1.59. The van der Waals surface area contributed by atoms with Crippen LogP contribution in [0, 0.1) is 13.8 Å². The van der Waals surface area contributed by atoms with Gasteiger partial charge in [-0.25, -0.2) is 8.42 Å². The van der Waals surface area contributed by atoms with Crippen LogP contribution in [0.2, 0.25) is 5.02 Å². The normalized spacial score (nSPS) is 11.6. The van der Waals surface area contributed by atoms with E-state index in [0.717, 1.165) is 28.0 Å². The maximum Gasteiger partial charge on any atom is 0.271 e. The summed E-state index contributed by atoms with van der Waals surface area (Å²) in [6, 6.07) is 14.2. The van der Waals surface area contributed by atoms with Gasteiger partial charge in [0.05, 0.1) is 11.3 Å². The molecule has 148 valence electrons. The van der Waals surface area contributed by atoms with Crippen LogP contribution < -0.4 is 4.72 Å². The van der Waals surface area contributed by atoms with Gasteiger partial charge in [0.1, 0.15) is 4.21 Å². The molecule has 0 saturated heterocycles. The molecule has 29 heavy (non-hydrogen) atoms. The van der Waals surface area contributed by atoms with Crippen molar-refractivity contribution in [3.05, 3.63) is 70.1 Å². The largest absolute Gasteiger partial charge is 0.334 e. The van der Waals surface area contributed by atoms with Crippen molar-refractivity contribution in [3.8, 4) is 22.8 Å². The van der Waals surface area contributed by atoms with Gasteiger partial charge in [-0.1, -0.05) is 28.9 Å². The van der Waals surface area contributed by atoms with Crippen molar-refractivity contribution < 1.29 is 12.9 Å². The third-order valence-corrected chi connectivity index (χ3v) is 7.31. The summed E-state index contributed by atoms with van der Waals surface area (Å²) in [5, 5.41) is 6.25. The molecule has 0 saturated carbocycles. The first-order chi connectivity index (χ1) is 13.8. The van der Waals surface area contributed by atoms with Crippen LogP contribution in [-0.2, 0) is 10.0 Å². The number of halogens is 1. The smallest absolute Gasteiger partial charge is 0.271 e. The van der Waals surface area contributed by atoms with Gasteiger partial charge in [-0.15, -0.1) is 11.3 Å². The minimum absolute atomic E-state index is 0.166. The maximum atomic E-state index is 12.8. The molecule has 0 atom stereocenters. The number of rotatable bonds is 5. The highest BCUT2D eigenvalue weighted by Crippen LogP contribution is 2.31. The SMILES string of the molecule is Cc1ccc(C)c(NS(=O)(=O)c2cc(-c3nc(-c4ccc(Cl)cc4)no3)cs2)c1. The first kappa shape index (κ1) is 19.6. The first-order valence-corrected chi connectivity index (χ1v) is 11.3. The average Bonchev–Trinajstić information content (AvgIpc) is 3.35. The van der Waals surface area contributed by atoms with Gasteiger partial charge in [-0.05, 0) is 61.4 Å². The van der Waals surface area contributed by atoms with Gasteiger partial charge in [0.2, 0.25) is 5.82 Å². The van der Waals surface area contributed by atoms with Gasteiger partial charge < -0.3 is 4.52 Å². The van der Waals surface area contributed by atoms with E-state index in [2.05, 4.69) is 14.9 Å². The highest BCUT2D eigenvalue weighted by molar-refractivity contribution is 7.94. The topological polar surface area (TPSA) is 85.1 Å². The molecule has 0 fully saturated rings. The quantitative estimate of drug-likeness (QED) is 0.436. The lowest BCUT2D eigenvalue weighted by molar-refractivity contribution is 0.432. The van der Waals surface area contributed by atoms with Crippen molar-refractivity contribution in [1.82, 2.24) is 10.1 Å². The molecule has 0 amide bonds. The van der Waals surface area contributed by atoms with E-state index < -0.39 is 10.0 Å². The Morgan fingerprint density at radius 1 is 1.03 bits per heavy atom. The molecule has 1 N–H and O–H groups in total. The van der Waals surface area contributed by atoms with Gasteiger partial charge in [0.15, 0.2) is 0 Å². The third-order valence-electron chi connectivity index (χ3n) is 4.25. The number of anilines is 1. The Hall–Kier alpha value is -2.68. The van der Waals surface area contributed by atoms with E-state index in [1.165, 1.54) is 6.07 Å². The number of hydrogen-bond donors (Lipinski definition) is 1. The summed E-state index contributed by atoms with van der Waals surface area (Å²) >= 11 is 6.99. The summed E-state index contributed by atoms with van der Waals surface area (Å²) in [6.45, 7) is 3.77. The van der Waals surface area contributed by atoms with Crippen LogP contribution in [-0.4, -0.2) is 18.6 Å². The van der Waals surface area contributed by atoms with Gasteiger partial charge in [0.25, 0.3) is 15.9 Å². The van der Waals surface area contributed by atoms with Crippen LogP contribution in [0.5, 0.6) is 0 Å². The zero-order valence-corrected chi connectivity index (χ0v) is 17.9. The maximum absolute atomic E-state index is 12.8. The third kappa shape index (κ3) is 4.19. The minimum Gasteiger partial charge on any atom is -0.334 e. The molecule has 2 aromatic heterocycles. The highest BCUT2D eigenvalue weighted by atomic mass is 35.5. The van der Waals surface area contributed by atoms with Crippen LogP contribution in [0.3, 0.4) is 0 Å². The number of nitrogens with one attached hydrogen (secondary N) is 1. The Kier molecular flexibility index (Phi) is 5.16. The monoisotopic (exact) mass is 445 g/mol. The van der Waals surface area contributed by atoms with Crippen LogP contribution >= 0.6 is 22.9 Å². The number of benzene rings is 2. The second-order valence-corrected chi connectivity index (χ2v) is 9.77. The summed E-state index contributed by atoms with van der Waals surface area (Å²) in [5.74, 6) is 0.653. The van der Waals surface area contributed by atoms with Crippen molar-refractivity contribution >= 4 is 38.6 Å². The van der Waals surface area contributed by atoms with E-state index in [1.807, 2.05) is 26.0 Å². The number of sulfonamides is 1. The van der Waals surface area contributed by atoms with Gasteiger partial charge >= 0.3 is 0 Å². The van der Waals surface area contributed by atoms with Crippen LogP contribution in [0.4, 0.5) is 5.69 Å². The zero-order chi connectivity index (χ0) is 20.6. The summed E-state index contributed by atoms with van der Waals surface area (Å²) in [6.07, 6.45) is 0. The predicted octanol–water partition coefficient (Wildman–Crippen LogP) is 5.54. The molecule has 4 rings (SSSR count). The van der Waals surface area contributed by atoms with Gasteiger partial charge in [-0.2, -0.15) is 4.98 Å². The van der Waals surface area contributed by atoms with E-state index in [-0.39, 0.29) is 10.1 Å². The Morgan fingerprint density at radius 3 is 2.55 bits per heavy atom. The van der Waals surface area contributed by atoms with Crippen molar-refractivity contribution in [2.24, 2.45) is 0 Å². The van der Waals surface area contributed by atoms with E-state index in [9.17, 15) is 8.42 Å². The molecule has 0 unspecified atom stereocenters. The molecule has 0 spiro atoms. The predicted molar refractivity (Wildman–Crippen MR) is 115 cm³/mol. The Morgan fingerprint density at radius 2 is 1.79 bits per heavy atom. The number of thiophene rings is 1. The molecule has 0 aliphatic carbocycles. The summed E-state index contributed by atoms with van der Waals surface area (Å²) in [5.41, 5.74) is 3.68. The molecule has 0 bridgehead atoms. The summed E-state index contributed by atoms with van der Waals surface area (Å²) < 4.78 is 33.7. The molecule has 0 aliphatic heterocycles. The highest BCUT2D eigenvalue weighted by Gasteiger charge is 2.20. The first-order valence-electron chi connectivity index (χ1n) is 8.60. The lowest BCUT2D eigenvalue weighted by atomic mass is 10.1. The lowest BCUT2D eigenvalue weighted by Gasteiger charge is -2.10. The van der Waals surface area contributed by atoms with Crippen molar-refractivity contribution in [1.29, 1.82) is 0 Å². The molecule has 2 heterocycles. The molecule has 9 heteroatoms. The molecular formula is C20H16ClN3O3S2. The van der Waals surface area contributed by atoms with Crippen molar-refractivity contribution in [2.45, 2.75) is 18.1 Å². The van der Waals surface area contributed by atoms with E-state index >= 15 is 0 Å².